The summed E-state index contributed by atoms with van der Waals surface area (Å²) in [6.07, 6.45) is 0. The first kappa shape index (κ1) is 22.8. The van der Waals surface area contributed by atoms with E-state index >= 15 is 0 Å². The van der Waals surface area contributed by atoms with Crippen LogP contribution in [0.3, 0.4) is 0 Å². The summed E-state index contributed by atoms with van der Waals surface area (Å²) >= 11 is 0. The summed E-state index contributed by atoms with van der Waals surface area (Å²) < 4.78 is 65.7. The topological polar surface area (TPSA) is 191 Å². The van der Waals surface area contributed by atoms with Crippen molar-refractivity contribution in [3.8, 4) is 0 Å². The monoisotopic (exact) mass is 268 g/mol. The zero-order chi connectivity index (χ0) is 9.00. The summed E-state index contributed by atoms with van der Waals surface area (Å²) in [5, 5.41) is 0. The van der Waals surface area contributed by atoms with Gasteiger partial charge in [0.15, 0.2) is 0 Å². The molecule has 0 aliphatic rings. The van der Waals surface area contributed by atoms with Crippen LogP contribution in [0.15, 0.2) is 0 Å². The van der Waals surface area contributed by atoms with Gasteiger partial charge in [0.1, 0.15) is 0 Å². The predicted octanol–water partition coefficient (Wildman–Crippen LogP) is -1.62. The van der Waals surface area contributed by atoms with E-state index in [0.717, 1.165) is 0 Å². The Kier molecular flexibility index (Phi) is 14.9. The van der Waals surface area contributed by atoms with Gasteiger partial charge in [-0.2, -0.15) is 8.42 Å². The van der Waals surface area contributed by atoms with Gasteiger partial charge >= 0.3 is 27.5 Å². The second-order valence-electron chi connectivity index (χ2n) is 0.856. The van der Waals surface area contributed by atoms with E-state index in [4.69, 9.17) is 35.0 Å². The smallest absolute Gasteiger partial charge is 0.759 e. The molecule has 0 unspecified atom stereocenters. The first-order valence-corrected chi connectivity index (χ1v) is 4.10. The van der Waals surface area contributed by atoms with Gasteiger partial charge in [-0.3, -0.25) is 17.5 Å². The van der Waals surface area contributed by atoms with Crippen molar-refractivity contribution in [2.24, 2.45) is 0 Å². The SMILES string of the molecule is O=S(=O)(O)O.O=S(=O)([O-])[O-].[Fe+].[NH4+]. The molecule has 0 aromatic heterocycles. The Morgan fingerprint density at radius 1 is 0.917 bits per heavy atom. The minimum absolute atomic E-state index is 0. The van der Waals surface area contributed by atoms with E-state index in [-0.39, 0.29) is 23.2 Å². The molecule has 0 saturated carbocycles. The van der Waals surface area contributed by atoms with Crippen molar-refractivity contribution in [3.63, 3.8) is 0 Å². The Morgan fingerprint density at radius 3 is 0.917 bits per heavy atom. The van der Waals surface area contributed by atoms with Crippen LogP contribution in [0.25, 0.3) is 0 Å². The quantitative estimate of drug-likeness (QED) is 0.265. The van der Waals surface area contributed by atoms with E-state index in [2.05, 4.69) is 0 Å². The molecular weight excluding hydrogens is 262 g/mol. The molecule has 79 valence electrons. The van der Waals surface area contributed by atoms with Crippen LogP contribution in [0.1, 0.15) is 0 Å². The normalized spacial score (nSPS) is 9.67. The first-order valence-electron chi connectivity index (χ1n) is 1.37. The van der Waals surface area contributed by atoms with Crippen molar-refractivity contribution < 1.29 is 52.1 Å². The fourth-order valence-corrected chi connectivity index (χ4v) is 0. The van der Waals surface area contributed by atoms with Gasteiger partial charge in [-0.05, 0) is 0 Å². The largest absolute Gasteiger partial charge is 1.00 e. The molecule has 9 nitrogen and oxygen atoms in total. The molecule has 0 aliphatic carbocycles. The molecule has 0 fully saturated rings. The Balaban J connectivity index is -0.0000000457. The molecule has 12 heteroatoms. The Morgan fingerprint density at radius 2 is 0.917 bits per heavy atom. The van der Waals surface area contributed by atoms with Crippen LogP contribution in [0.4, 0.5) is 0 Å². The molecule has 6 N–H and O–H groups in total. The fourth-order valence-electron chi connectivity index (χ4n) is 0. The Bertz CT molecular complexity index is 213. The molecule has 0 heterocycles. The molecule has 0 aromatic rings. The zero-order valence-corrected chi connectivity index (χ0v) is 8.25. The summed E-state index contributed by atoms with van der Waals surface area (Å²) in [5.41, 5.74) is 0. The number of quaternary nitrogens is 1. The van der Waals surface area contributed by atoms with E-state index in [1.165, 1.54) is 0 Å². The molecule has 0 saturated heterocycles. The molecule has 12 heavy (non-hydrogen) atoms. The summed E-state index contributed by atoms with van der Waals surface area (Å²) in [5.74, 6) is 0. The van der Waals surface area contributed by atoms with Crippen molar-refractivity contribution in [2.45, 2.75) is 0 Å². The van der Waals surface area contributed by atoms with Crippen molar-refractivity contribution in [1.29, 1.82) is 0 Å². The third kappa shape index (κ3) is 18000. The molecule has 0 rings (SSSR count). The van der Waals surface area contributed by atoms with Crippen LogP contribution < -0.4 is 6.15 Å². The van der Waals surface area contributed by atoms with Gasteiger partial charge in [0.2, 0.25) is 0 Å². The number of hydrogen-bond donors (Lipinski definition) is 3. The van der Waals surface area contributed by atoms with Gasteiger partial charge in [-0.15, -0.1) is 0 Å². The van der Waals surface area contributed by atoms with Crippen molar-refractivity contribution in [2.75, 3.05) is 0 Å². The molecule has 0 atom stereocenters. The van der Waals surface area contributed by atoms with Crippen molar-refractivity contribution in [3.05, 3.63) is 0 Å². The second kappa shape index (κ2) is 7.85. The molecule has 0 aliphatic heterocycles. The van der Waals surface area contributed by atoms with Crippen LogP contribution in [-0.2, 0) is 37.9 Å². The number of rotatable bonds is 0. The van der Waals surface area contributed by atoms with Gasteiger partial charge < -0.3 is 15.3 Å². The van der Waals surface area contributed by atoms with E-state index in [0.29, 0.717) is 0 Å². The fraction of sp³-hybridized carbons (Fsp3) is 0. The van der Waals surface area contributed by atoms with Gasteiger partial charge in [0.25, 0.3) is 0 Å². The molecule has 0 amide bonds. The molecule has 0 spiro atoms. The van der Waals surface area contributed by atoms with Crippen LogP contribution in [0, 0.1) is 0 Å². The van der Waals surface area contributed by atoms with Crippen LogP contribution in [0.2, 0.25) is 0 Å². The van der Waals surface area contributed by atoms with E-state index < -0.39 is 20.8 Å². The average molecular weight is 268 g/mol. The van der Waals surface area contributed by atoms with E-state index in [1.807, 2.05) is 0 Å². The van der Waals surface area contributed by atoms with Gasteiger partial charge in [0.05, 0.1) is 0 Å². The van der Waals surface area contributed by atoms with Crippen molar-refractivity contribution in [1.82, 2.24) is 6.15 Å². The Hall–Kier alpha value is 0.219. The molecular formula is H6FeNO8S2. The minimum atomic E-state index is -5.17. The summed E-state index contributed by atoms with van der Waals surface area (Å²) in [6, 6.07) is 0. The molecule has 0 aromatic carbocycles. The Labute approximate surface area is 79.4 Å². The minimum Gasteiger partial charge on any atom is -0.759 e. The number of hydrogen-bond acceptors (Lipinski definition) is 6. The van der Waals surface area contributed by atoms with Crippen LogP contribution in [-0.4, -0.2) is 35.0 Å². The maximum absolute atomic E-state index is 8.74. The second-order valence-corrected chi connectivity index (χ2v) is 2.57. The third-order valence-corrected chi connectivity index (χ3v) is 0. The zero-order valence-electron chi connectivity index (χ0n) is 5.51. The van der Waals surface area contributed by atoms with E-state index in [1.54, 1.807) is 0 Å². The van der Waals surface area contributed by atoms with Crippen LogP contribution >= 0.6 is 0 Å². The summed E-state index contributed by atoms with van der Waals surface area (Å²) in [6.45, 7) is 0. The van der Waals surface area contributed by atoms with Gasteiger partial charge in [-0.1, -0.05) is 0 Å². The molecule has 0 bridgehead atoms. The average Bonchev–Trinajstić information content (AvgIpc) is 1.12. The van der Waals surface area contributed by atoms with Crippen LogP contribution in [0.5, 0.6) is 0 Å². The maximum atomic E-state index is 8.74. The molecule has 1 radical (unpaired) electrons. The maximum Gasteiger partial charge on any atom is 1.00 e. The van der Waals surface area contributed by atoms with Gasteiger partial charge in [0, 0.05) is 10.4 Å². The standard InChI is InChI=1S/Fe.H3N.2H2O4S/c;;2*1-5(2,3)4/h;1H3;2*(H2,1,2,3,4)/q+1;;;/p-1. The summed E-state index contributed by atoms with van der Waals surface area (Å²) in [7, 11) is -9.83. The van der Waals surface area contributed by atoms with Gasteiger partial charge in [-0.25, -0.2) is 0 Å². The summed E-state index contributed by atoms with van der Waals surface area (Å²) in [4.78, 5) is 0. The first-order chi connectivity index (χ1) is 4.00. The van der Waals surface area contributed by atoms with Crippen molar-refractivity contribution >= 4 is 20.8 Å². The van der Waals surface area contributed by atoms with E-state index in [9.17, 15) is 0 Å². The third-order valence-electron chi connectivity index (χ3n) is 0. The predicted molar refractivity (Wildman–Crippen MR) is 30.6 cm³/mol.